The van der Waals surface area contributed by atoms with Crippen LogP contribution in [0.3, 0.4) is 0 Å². The summed E-state index contributed by atoms with van der Waals surface area (Å²) in [6.45, 7) is 2.42. The number of benzene rings is 3. The molecular weight excluding hydrogens is 709 g/mol. The first-order valence-corrected chi connectivity index (χ1v) is 17.0. The molecule has 9 nitrogen and oxygen atoms in total. The van der Waals surface area contributed by atoms with Gasteiger partial charge in [0.15, 0.2) is 0 Å². The van der Waals surface area contributed by atoms with E-state index in [-0.39, 0.29) is 25.0 Å². The number of rotatable bonds is 12. The Bertz CT molecular complexity index is 2240. The zero-order valence-electron chi connectivity index (χ0n) is 27.6. The van der Waals surface area contributed by atoms with Crippen molar-refractivity contribution in [3.8, 4) is 17.2 Å². The van der Waals surface area contributed by atoms with Gasteiger partial charge in [0.05, 0.1) is 22.9 Å². The number of carbonyl (C=O) groups excluding carboxylic acids is 2. The monoisotopic (exact) mass is 739 g/mol. The average Bonchev–Trinajstić information content (AvgIpc) is 3.51. The van der Waals surface area contributed by atoms with Crippen molar-refractivity contribution in [2.75, 3.05) is 7.05 Å². The van der Waals surface area contributed by atoms with Crippen LogP contribution in [-0.2, 0) is 24.6 Å². The number of para-hydroxylation sites is 1. The highest BCUT2D eigenvalue weighted by atomic mass is 35.5. The number of ether oxygens (including phenoxy) is 2. The Morgan fingerprint density at radius 3 is 2.45 bits per heavy atom. The summed E-state index contributed by atoms with van der Waals surface area (Å²) in [6, 6.07) is 27.1. The molecule has 3 aromatic heterocycles. The van der Waals surface area contributed by atoms with Gasteiger partial charge in [-0.1, -0.05) is 59.1 Å². The number of fused-ring (bicyclic) bond motifs is 1. The molecule has 0 spiro atoms. The molecule has 0 bridgehead atoms. The van der Waals surface area contributed by atoms with Gasteiger partial charge in [-0.05, 0) is 79.2 Å². The fourth-order valence-corrected chi connectivity index (χ4v) is 6.21. The van der Waals surface area contributed by atoms with Gasteiger partial charge >= 0.3 is 0 Å². The van der Waals surface area contributed by atoms with Crippen molar-refractivity contribution in [3.05, 3.63) is 152 Å². The van der Waals surface area contributed by atoms with Crippen LogP contribution in [0.5, 0.6) is 11.5 Å². The van der Waals surface area contributed by atoms with Crippen molar-refractivity contribution in [1.29, 1.82) is 0 Å². The lowest BCUT2D eigenvalue weighted by Gasteiger charge is -2.17. The first-order valence-electron chi connectivity index (χ1n) is 15.9. The van der Waals surface area contributed by atoms with E-state index in [9.17, 15) is 9.59 Å². The van der Waals surface area contributed by atoms with Gasteiger partial charge in [-0.2, -0.15) is 0 Å². The van der Waals surface area contributed by atoms with Crippen LogP contribution in [-0.4, -0.2) is 33.4 Å². The Morgan fingerprint density at radius 1 is 0.882 bits per heavy atom. The molecule has 0 aliphatic heterocycles. The number of aryl methyl sites for hydroxylation is 1. The van der Waals surface area contributed by atoms with Gasteiger partial charge in [0.25, 0.3) is 5.91 Å². The van der Waals surface area contributed by atoms with E-state index in [1.54, 1.807) is 66.4 Å². The lowest BCUT2D eigenvalue weighted by molar-refractivity contribution is -0.116. The van der Waals surface area contributed by atoms with Gasteiger partial charge in [-0.15, -0.1) is 0 Å². The molecule has 0 aliphatic carbocycles. The van der Waals surface area contributed by atoms with Crippen LogP contribution < -0.4 is 20.1 Å². The van der Waals surface area contributed by atoms with E-state index in [4.69, 9.17) is 49.3 Å². The molecule has 0 saturated carbocycles. The zero-order chi connectivity index (χ0) is 35.9. The highest BCUT2D eigenvalue weighted by Crippen LogP contribution is 2.36. The van der Waals surface area contributed by atoms with Crippen LogP contribution in [0.4, 0.5) is 0 Å². The second-order valence-corrected chi connectivity index (χ2v) is 12.6. The topological polar surface area (TPSA) is 107 Å². The standard InChI is InChI=1S/C39H32Cl3N5O4/c1-24-20-34(50-22-27-6-3-4-19-44-27)29-7-5-8-33(38(29)46-24)51-23-30-31(40)15-16-32(37(30)42)47-28(14-17-35(47)41)21-45-36(48)18-11-25-9-12-26(13-10-25)39(49)43-2/h3-20H,21-23H2,1-2H3,(H,43,49)(H,45,48). The van der Waals surface area contributed by atoms with E-state index in [0.29, 0.717) is 61.3 Å². The van der Waals surface area contributed by atoms with Gasteiger partial charge in [-0.25, -0.2) is 4.98 Å². The average molecular weight is 741 g/mol. The predicted molar refractivity (Wildman–Crippen MR) is 201 cm³/mol. The van der Waals surface area contributed by atoms with Gasteiger partial charge in [0, 0.05) is 58.3 Å². The molecule has 6 aromatic rings. The van der Waals surface area contributed by atoms with Crippen LogP contribution in [0.1, 0.15) is 38.6 Å². The van der Waals surface area contributed by atoms with Gasteiger partial charge in [0.1, 0.15) is 35.4 Å². The molecule has 2 N–H and O–H groups in total. The SMILES string of the molecule is CNC(=O)c1ccc(C=CC(=O)NCc2ccc(Cl)n2-c2ccc(Cl)c(COc3cccc4c(OCc5ccccn5)cc(C)nc34)c2Cl)cc1. The maximum Gasteiger partial charge on any atom is 0.251 e. The molecule has 258 valence electrons. The minimum atomic E-state index is -0.310. The van der Waals surface area contributed by atoms with Crippen molar-refractivity contribution >= 4 is 63.6 Å². The van der Waals surface area contributed by atoms with Crippen molar-refractivity contribution in [3.63, 3.8) is 0 Å². The van der Waals surface area contributed by atoms with E-state index < -0.39 is 0 Å². The third-order valence-corrected chi connectivity index (χ3v) is 9.03. The summed E-state index contributed by atoms with van der Waals surface area (Å²) in [7, 11) is 1.57. The summed E-state index contributed by atoms with van der Waals surface area (Å²) >= 11 is 20.3. The summed E-state index contributed by atoms with van der Waals surface area (Å²) < 4.78 is 14.2. The first-order chi connectivity index (χ1) is 24.7. The number of hydrogen-bond donors (Lipinski definition) is 2. The van der Waals surface area contributed by atoms with Crippen LogP contribution >= 0.6 is 34.8 Å². The highest BCUT2D eigenvalue weighted by molar-refractivity contribution is 6.37. The molecule has 0 unspecified atom stereocenters. The van der Waals surface area contributed by atoms with Crippen LogP contribution in [0, 0.1) is 6.92 Å². The number of nitrogens with one attached hydrogen (secondary N) is 2. The Labute approximate surface area is 309 Å². The highest BCUT2D eigenvalue weighted by Gasteiger charge is 2.19. The Kier molecular flexibility index (Phi) is 11.2. The fraction of sp³-hybridized carbons (Fsp3) is 0.128. The quantitative estimate of drug-likeness (QED) is 0.122. The Balaban J connectivity index is 1.18. The van der Waals surface area contributed by atoms with E-state index in [1.165, 1.54) is 6.08 Å². The summed E-state index contributed by atoms with van der Waals surface area (Å²) in [5.74, 6) is 0.713. The van der Waals surface area contributed by atoms with Gasteiger partial charge in [0.2, 0.25) is 5.91 Å². The molecule has 3 aromatic carbocycles. The van der Waals surface area contributed by atoms with Crippen molar-refractivity contribution in [2.45, 2.75) is 26.7 Å². The van der Waals surface area contributed by atoms with Crippen molar-refractivity contribution in [1.82, 2.24) is 25.2 Å². The van der Waals surface area contributed by atoms with E-state index in [0.717, 1.165) is 22.3 Å². The number of pyridine rings is 2. The van der Waals surface area contributed by atoms with Crippen LogP contribution in [0.25, 0.3) is 22.7 Å². The summed E-state index contributed by atoms with van der Waals surface area (Å²) in [5.41, 5.74) is 5.34. The van der Waals surface area contributed by atoms with Crippen LogP contribution in [0.2, 0.25) is 15.2 Å². The van der Waals surface area contributed by atoms with Crippen molar-refractivity contribution in [2.24, 2.45) is 0 Å². The predicted octanol–water partition coefficient (Wildman–Crippen LogP) is 8.54. The number of halogens is 3. The van der Waals surface area contributed by atoms with Crippen LogP contribution in [0.15, 0.2) is 103 Å². The number of nitrogens with zero attached hydrogens (tertiary/aromatic N) is 3. The zero-order valence-corrected chi connectivity index (χ0v) is 29.9. The largest absolute Gasteiger partial charge is 0.487 e. The fourth-order valence-electron chi connectivity index (χ4n) is 5.38. The molecule has 0 saturated heterocycles. The third-order valence-electron chi connectivity index (χ3n) is 7.96. The number of hydrogen-bond acceptors (Lipinski definition) is 6. The molecule has 0 atom stereocenters. The molecular formula is C39H32Cl3N5O4. The molecule has 12 heteroatoms. The van der Waals surface area contributed by atoms with Gasteiger partial charge in [-0.3, -0.25) is 14.6 Å². The first kappa shape index (κ1) is 35.5. The second-order valence-electron chi connectivity index (χ2n) is 11.4. The molecule has 0 aliphatic rings. The molecule has 6 rings (SSSR count). The Morgan fingerprint density at radius 2 is 1.69 bits per heavy atom. The molecule has 51 heavy (non-hydrogen) atoms. The normalized spacial score (nSPS) is 11.2. The summed E-state index contributed by atoms with van der Waals surface area (Å²) in [5, 5.41) is 7.41. The second kappa shape index (κ2) is 16.1. The van der Waals surface area contributed by atoms with Crippen molar-refractivity contribution < 1.29 is 19.1 Å². The summed E-state index contributed by atoms with van der Waals surface area (Å²) in [6.07, 6.45) is 4.82. The smallest absolute Gasteiger partial charge is 0.251 e. The van der Waals surface area contributed by atoms with E-state index in [1.807, 2.05) is 55.5 Å². The maximum atomic E-state index is 12.7. The number of amides is 2. The lowest BCUT2D eigenvalue weighted by atomic mass is 10.1. The number of carbonyl (C=O) groups is 2. The molecule has 0 fully saturated rings. The minimum absolute atomic E-state index is 0.0458. The van der Waals surface area contributed by atoms with E-state index in [2.05, 4.69) is 15.6 Å². The lowest BCUT2D eigenvalue weighted by Crippen LogP contribution is -2.22. The molecule has 0 radical (unpaired) electrons. The van der Waals surface area contributed by atoms with E-state index >= 15 is 0 Å². The van der Waals surface area contributed by atoms with Gasteiger partial charge < -0.3 is 24.7 Å². The molecule has 3 heterocycles. The number of aromatic nitrogens is 3. The summed E-state index contributed by atoms with van der Waals surface area (Å²) in [4.78, 5) is 33.6. The third kappa shape index (κ3) is 8.35. The maximum absolute atomic E-state index is 12.7. The minimum Gasteiger partial charge on any atom is -0.487 e. The Hall–Kier alpha value is -5.35. The molecule has 2 amide bonds.